The molecule has 0 aromatic carbocycles. The largest absolute Gasteiger partial charge is 0.370 e. The van der Waals surface area contributed by atoms with Crippen LogP contribution in [0.4, 0.5) is 0 Å². The van der Waals surface area contributed by atoms with Crippen LogP contribution in [0.5, 0.6) is 0 Å². The maximum absolute atomic E-state index is 5.87. The number of likely N-dealkylation sites (tertiary alicyclic amines) is 1. The predicted molar refractivity (Wildman–Crippen MR) is 61.3 cm³/mol. The van der Waals surface area contributed by atoms with Crippen molar-refractivity contribution < 1.29 is 0 Å². The van der Waals surface area contributed by atoms with E-state index in [4.69, 9.17) is 5.73 Å². The van der Waals surface area contributed by atoms with E-state index in [-0.39, 0.29) is 0 Å². The second-order valence-electron chi connectivity index (χ2n) is 5.13. The molecule has 0 aliphatic carbocycles. The Balaban J connectivity index is 2.53. The number of hydrogen-bond donors (Lipinski definition) is 1. The molecule has 1 aliphatic rings. The molecular formula is C11H23N3. The van der Waals surface area contributed by atoms with Crippen LogP contribution in [0.2, 0.25) is 0 Å². The van der Waals surface area contributed by atoms with Gasteiger partial charge in [0.25, 0.3) is 0 Å². The molecule has 3 heteroatoms. The van der Waals surface area contributed by atoms with E-state index in [9.17, 15) is 0 Å². The minimum atomic E-state index is 0.390. The molecule has 1 saturated heterocycles. The molecule has 1 unspecified atom stereocenters. The minimum absolute atomic E-state index is 0.390. The molecule has 14 heavy (non-hydrogen) atoms. The van der Waals surface area contributed by atoms with Gasteiger partial charge in [-0.25, -0.2) is 0 Å². The van der Waals surface area contributed by atoms with E-state index in [0.29, 0.717) is 5.41 Å². The van der Waals surface area contributed by atoms with Crippen molar-refractivity contribution in [3.63, 3.8) is 0 Å². The van der Waals surface area contributed by atoms with Crippen molar-refractivity contribution in [1.29, 1.82) is 0 Å². The Morgan fingerprint density at radius 2 is 2.14 bits per heavy atom. The van der Waals surface area contributed by atoms with E-state index >= 15 is 0 Å². The fourth-order valence-corrected chi connectivity index (χ4v) is 1.94. The van der Waals surface area contributed by atoms with Gasteiger partial charge in [-0.05, 0) is 24.7 Å². The summed E-state index contributed by atoms with van der Waals surface area (Å²) in [5.41, 5.74) is 6.26. The standard InChI is InChI=1S/C11H23N3/c1-5-13-10(12)14-7-6-9(8-14)11(2,3)4/h9H,5-8H2,1-4H3,(H2,12,13). The lowest BCUT2D eigenvalue weighted by molar-refractivity contribution is 0.250. The highest BCUT2D eigenvalue weighted by Crippen LogP contribution is 2.33. The van der Waals surface area contributed by atoms with Crippen molar-refractivity contribution in [2.75, 3.05) is 19.6 Å². The Bertz CT molecular complexity index is 215. The molecule has 0 bridgehead atoms. The van der Waals surface area contributed by atoms with Crippen LogP contribution < -0.4 is 5.73 Å². The second kappa shape index (κ2) is 4.20. The lowest BCUT2D eigenvalue weighted by atomic mass is 9.80. The SMILES string of the molecule is CCN=C(N)N1CCC(C(C)(C)C)C1. The number of guanidine groups is 1. The van der Waals surface area contributed by atoms with Crippen molar-refractivity contribution >= 4 is 5.96 Å². The molecule has 1 heterocycles. The highest BCUT2D eigenvalue weighted by molar-refractivity contribution is 5.78. The Kier molecular flexibility index (Phi) is 3.40. The number of rotatable bonds is 1. The molecule has 1 atom stereocenters. The van der Waals surface area contributed by atoms with Gasteiger partial charge in [-0.15, -0.1) is 0 Å². The number of aliphatic imine (C=N–C) groups is 1. The van der Waals surface area contributed by atoms with Crippen LogP contribution in [0.25, 0.3) is 0 Å². The quantitative estimate of drug-likeness (QED) is 0.513. The van der Waals surface area contributed by atoms with Gasteiger partial charge in [-0.2, -0.15) is 0 Å². The van der Waals surface area contributed by atoms with Gasteiger partial charge in [0.1, 0.15) is 0 Å². The molecule has 3 nitrogen and oxygen atoms in total. The predicted octanol–water partition coefficient (Wildman–Crippen LogP) is 1.69. The van der Waals surface area contributed by atoms with Gasteiger partial charge >= 0.3 is 0 Å². The van der Waals surface area contributed by atoms with Crippen LogP contribution in [-0.2, 0) is 0 Å². The highest BCUT2D eigenvalue weighted by Gasteiger charge is 2.32. The van der Waals surface area contributed by atoms with Gasteiger partial charge in [0, 0.05) is 19.6 Å². The van der Waals surface area contributed by atoms with Gasteiger partial charge in [-0.1, -0.05) is 20.8 Å². The van der Waals surface area contributed by atoms with Crippen LogP contribution in [-0.4, -0.2) is 30.5 Å². The van der Waals surface area contributed by atoms with Crippen molar-refractivity contribution in [2.24, 2.45) is 22.1 Å². The number of nitrogens with zero attached hydrogens (tertiary/aromatic N) is 2. The Labute approximate surface area is 87.4 Å². The summed E-state index contributed by atoms with van der Waals surface area (Å²) < 4.78 is 0. The van der Waals surface area contributed by atoms with Gasteiger partial charge < -0.3 is 10.6 Å². The topological polar surface area (TPSA) is 41.6 Å². The molecule has 0 radical (unpaired) electrons. The fraction of sp³-hybridized carbons (Fsp3) is 0.909. The van der Waals surface area contributed by atoms with Gasteiger partial charge in [-0.3, -0.25) is 4.99 Å². The maximum atomic E-state index is 5.87. The normalized spacial score (nSPS) is 24.4. The first-order chi connectivity index (χ1) is 6.45. The summed E-state index contributed by atoms with van der Waals surface area (Å²) in [6.07, 6.45) is 1.24. The van der Waals surface area contributed by atoms with Crippen molar-refractivity contribution in [3.05, 3.63) is 0 Å². The summed E-state index contributed by atoms with van der Waals surface area (Å²) in [7, 11) is 0. The third-order valence-electron chi connectivity index (χ3n) is 3.06. The summed E-state index contributed by atoms with van der Waals surface area (Å²) in [4.78, 5) is 6.45. The summed E-state index contributed by atoms with van der Waals surface area (Å²) in [6, 6.07) is 0. The molecule has 0 saturated carbocycles. The van der Waals surface area contributed by atoms with Gasteiger partial charge in [0.15, 0.2) is 5.96 Å². The molecule has 0 amide bonds. The van der Waals surface area contributed by atoms with Crippen molar-refractivity contribution in [1.82, 2.24) is 4.90 Å². The lowest BCUT2D eigenvalue weighted by Crippen LogP contribution is -2.36. The van der Waals surface area contributed by atoms with Crippen molar-refractivity contribution in [3.8, 4) is 0 Å². The summed E-state index contributed by atoms with van der Waals surface area (Å²) in [5, 5.41) is 0. The summed E-state index contributed by atoms with van der Waals surface area (Å²) >= 11 is 0. The molecule has 1 fully saturated rings. The third kappa shape index (κ3) is 2.63. The summed E-state index contributed by atoms with van der Waals surface area (Å²) in [6.45, 7) is 11.8. The maximum Gasteiger partial charge on any atom is 0.191 e. The van der Waals surface area contributed by atoms with Gasteiger partial charge in [0.2, 0.25) is 0 Å². The Hall–Kier alpha value is -0.730. The first-order valence-corrected chi connectivity index (χ1v) is 5.50. The Morgan fingerprint density at radius 1 is 1.50 bits per heavy atom. The third-order valence-corrected chi connectivity index (χ3v) is 3.06. The van der Waals surface area contributed by atoms with Crippen LogP contribution >= 0.6 is 0 Å². The second-order valence-corrected chi connectivity index (χ2v) is 5.13. The molecule has 2 N–H and O–H groups in total. The lowest BCUT2D eigenvalue weighted by Gasteiger charge is -2.27. The van der Waals surface area contributed by atoms with E-state index < -0.39 is 0 Å². The van der Waals surface area contributed by atoms with E-state index in [0.717, 1.165) is 31.5 Å². The van der Waals surface area contributed by atoms with E-state index in [1.807, 2.05) is 6.92 Å². The molecule has 1 rings (SSSR count). The first kappa shape index (κ1) is 11.3. The van der Waals surface area contributed by atoms with Crippen molar-refractivity contribution in [2.45, 2.75) is 34.1 Å². The zero-order chi connectivity index (χ0) is 10.8. The molecular weight excluding hydrogens is 174 g/mol. The highest BCUT2D eigenvalue weighted by atomic mass is 15.3. The van der Waals surface area contributed by atoms with E-state index in [2.05, 4.69) is 30.7 Å². The van der Waals surface area contributed by atoms with Crippen LogP contribution in [0.3, 0.4) is 0 Å². The molecule has 82 valence electrons. The number of nitrogens with two attached hydrogens (primary N) is 1. The smallest absolute Gasteiger partial charge is 0.191 e. The zero-order valence-electron chi connectivity index (χ0n) is 9.88. The summed E-state index contributed by atoms with van der Waals surface area (Å²) in [5.74, 6) is 1.47. The fourth-order valence-electron chi connectivity index (χ4n) is 1.94. The first-order valence-electron chi connectivity index (χ1n) is 5.50. The van der Waals surface area contributed by atoms with Gasteiger partial charge in [0.05, 0.1) is 0 Å². The molecule has 0 aromatic heterocycles. The Morgan fingerprint density at radius 3 is 2.57 bits per heavy atom. The minimum Gasteiger partial charge on any atom is -0.370 e. The monoisotopic (exact) mass is 197 g/mol. The zero-order valence-corrected chi connectivity index (χ0v) is 9.88. The van der Waals surface area contributed by atoms with E-state index in [1.54, 1.807) is 0 Å². The molecule has 0 aromatic rings. The van der Waals surface area contributed by atoms with E-state index in [1.165, 1.54) is 6.42 Å². The molecule has 0 spiro atoms. The molecule has 1 aliphatic heterocycles. The van der Waals surface area contributed by atoms with Crippen LogP contribution in [0.1, 0.15) is 34.1 Å². The average molecular weight is 197 g/mol. The van der Waals surface area contributed by atoms with Crippen LogP contribution in [0.15, 0.2) is 4.99 Å². The van der Waals surface area contributed by atoms with Crippen LogP contribution in [0, 0.1) is 11.3 Å². The average Bonchev–Trinajstić information content (AvgIpc) is 2.51. The number of hydrogen-bond acceptors (Lipinski definition) is 1.